The highest BCUT2D eigenvalue weighted by atomic mass is 16.8. The summed E-state index contributed by atoms with van der Waals surface area (Å²) in [7, 11) is 0. The van der Waals surface area contributed by atoms with Crippen LogP contribution in [0, 0.1) is 0 Å². The third-order valence-corrected chi connectivity index (χ3v) is 8.57. The highest BCUT2D eigenvalue weighted by Gasteiger charge is 2.55. The largest absolute Gasteiger partial charge is 0.394 e. The van der Waals surface area contributed by atoms with E-state index in [4.69, 9.17) is 33.2 Å². The van der Waals surface area contributed by atoms with Gasteiger partial charge in [0.1, 0.15) is 91.5 Å². The minimum Gasteiger partial charge on any atom is -0.394 e. The molecule has 21 heteroatoms. The zero-order chi connectivity index (χ0) is 34.9. The Kier molecular flexibility index (Phi) is 13.2. The lowest BCUT2D eigenvalue weighted by Crippen LogP contribution is -2.69. The molecule has 13 N–H and O–H groups in total. The van der Waals surface area contributed by atoms with E-state index in [1.807, 2.05) is 0 Å². The van der Waals surface area contributed by atoms with Gasteiger partial charge in [0.2, 0.25) is 5.91 Å². The lowest BCUT2D eigenvalue weighted by atomic mass is 9.95. The number of amides is 1. The summed E-state index contributed by atoms with van der Waals surface area (Å²) in [6.07, 6.45) is -32.5. The molecule has 1 unspecified atom stereocenters. The van der Waals surface area contributed by atoms with Crippen LogP contribution in [0.15, 0.2) is 0 Å². The Bertz CT molecular complexity index is 1010. The van der Waals surface area contributed by atoms with Crippen LogP contribution >= 0.6 is 0 Å². The molecule has 0 aliphatic carbocycles. The first-order chi connectivity index (χ1) is 22.1. The zero-order valence-corrected chi connectivity index (χ0v) is 25.3. The SMILES string of the molecule is CC(=O)N[C@H]1[C@@H](O[C@H]2[C@@H](O)[C@@H](CO)O[C@@H](O[C@H]3[C@H](O[C@@H]4O[C@@H](C)[C@@H](O)[C@@H](O)[C@@H]4O)[C@@H](O)C(O)O[C@@H]3CO)[C@@H]2O)O[C@H](CO)[C@H](O)[C@@H]1O. The molecule has 4 rings (SSSR count). The molecule has 4 heterocycles. The highest BCUT2D eigenvalue weighted by Crippen LogP contribution is 2.34. The second-order valence-electron chi connectivity index (χ2n) is 11.9. The predicted molar refractivity (Wildman–Crippen MR) is 144 cm³/mol. The number of carbonyl (C=O) groups excluding carboxylic acids is 1. The number of hydrogen-bond donors (Lipinski definition) is 13. The van der Waals surface area contributed by atoms with Gasteiger partial charge in [0.05, 0.1) is 25.9 Å². The third-order valence-electron chi connectivity index (χ3n) is 8.57. The first-order valence-electron chi connectivity index (χ1n) is 15.0. The number of hydrogen-bond acceptors (Lipinski definition) is 20. The van der Waals surface area contributed by atoms with E-state index in [0.717, 1.165) is 6.92 Å². The van der Waals surface area contributed by atoms with Crippen LogP contribution in [0.5, 0.6) is 0 Å². The molecular formula is C26H45NO20. The van der Waals surface area contributed by atoms with E-state index < -0.39 is 148 Å². The van der Waals surface area contributed by atoms with Gasteiger partial charge in [-0.2, -0.15) is 0 Å². The number of nitrogens with one attached hydrogen (secondary N) is 1. The van der Waals surface area contributed by atoms with Crippen LogP contribution in [0.3, 0.4) is 0 Å². The van der Waals surface area contributed by atoms with Gasteiger partial charge in [-0.1, -0.05) is 0 Å². The Balaban J connectivity index is 1.60. The molecule has 0 radical (unpaired) electrons. The van der Waals surface area contributed by atoms with Crippen molar-refractivity contribution in [1.82, 2.24) is 5.32 Å². The maximum absolute atomic E-state index is 11.8. The highest BCUT2D eigenvalue weighted by molar-refractivity contribution is 5.73. The Morgan fingerprint density at radius 3 is 1.68 bits per heavy atom. The minimum absolute atomic E-state index is 0.689. The van der Waals surface area contributed by atoms with Crippen molar-refractivity contribution in [1.29, 1.82) is 0 Å². The summed E-state index contributed by atoms with van der Waals surface area (Å²) in [6.45, 7) is -0.125. The average molecular weight is 692 g/mol. The zero-order valence-electron chi connectivity index (χ0n) is 25.3. The smallest absolute Gasteiger partial charge is 0.217 e. The van der Waals surface area contributed by atoms with Crippen molar-refractivity contribution >= 4 is 5.91 Å². The second-order valence-corrected chi connectivity index (χ2v) is 11.9. The van der Waals surface area contributed by atoms with E-state index in [-0.39, 0.29) is 0 Å². The molecule has 0 aromatic carbocycles. The van der Waals surface area contributed by atoms with Crippen molar-refractivity contribution in [3.63, 3.8) is 0 Å². The fourth-order valence-electron chi connectivity index (χ4n) is 5.88. The molecule has 0 spiro atoms. The quantitative estimate of drug-likeness (QED) is 0.101. The van der Waals surface area contributed by atoms with Crippen molar-refractivity contribution in [2.75, 3.05) is 19.8 Å². The summed E-state index contributed by atoms with van der Waals surface area (Å²) in [6, 6.07) is -1.49. The molecule has 4 fully saturated rings. The molecule has 1 amide bonds. The van der Waals surface area contributed by atoms with E-state index >= 15 is 0 Å². The molecule has 0 aromatic heterocycles. The van der Waals surface area contributed by atoms with Crippen LogP contribution in [-0.2, 0) is 38.0 Å². The summed E-state index contributed by atoms with van der Waals surface area (Å²) in [4.78, 5) is 11.8. The molecule has 274 valence electrons. The van der Waals surface area contributed by atoms with Crippen LogP contribution in [0.1, 0.15) is 13.8 Å². The van der Waals surface area contributed by atoms with Crippen LogP contribution in [-0.4, -0.2) is 210 Å². The topological polar surface area (TPSA) is 336 Å². The fourth-order valence-corrected chi connectivity index (χ4v) is 5.88. The summed E-state index contributed by atoms with van der Waals surface area (Å²) >= 11 is 0. The molecule has 0 saturated carbocycles. The molecule has 4 aliphatic heterocycles. The predicted octanol–water partition coefficient (Wildman–Crippen LogP) is -8.58. The molecule has 0 aromatic rings. The van der Waals surface area contributed by atoms with E-state index in [2.05, 4.69) is 5.32 Å². The molecule has 21 nitrogen and oxygen atoms in total. The number of rotatable bonds is 10. The Hall–Kier alpha value is -1.29. The van der Waals surface area contributed by atoms with Gasteiger partial charge in [-0.15, -0.1) is 0 Å². The molecule has 47 heavy (non-hydrogen) atoms. The van der Waals surface area contributed by atoms with Crippen molar-refractivity contribution in [2.24, 2.45) is 0 Å². The van der Waals surface area contributed by atoms with Gasteiger partial charge < -0.3 is 99.8 Å². The van der Waals surface area contributed by atoms with Gasteiger partial charge in [-0.05, 0) is 6.92 Å². The van der Waals surface area contributed by atoms with Crippen molar-refractivity contribution in [2.45, 2.75) is 137 Å². The van der Waals surface area contributed by atoms with Gasteiger partial charge in [-0.3, -0.25) is 4.79 Å². The molecule has 4 aliphatic rings. The van der Waals surface area contributed by atoms with Crippen LogP contribution < -0.4 is 5.32 Å². The maximum Gasteiger partial charge on any atom is 0.217 e. The van der Waals surface area contributed by atoms with Crippen molar-refractivity contribution < 1.29 is 99.2 Å². The lowest BCUT2D eigenvalue weighted by molar-refractivity contribution is -0.390. The van der Waals surface area contributed by atoms with E-state index in [9.17, 15) is 66.1 Å². The maximum atomic E-state index is 11.8. The molecule has 4 saturated heterocycles. The van der Waals surface area contributed by atoms with Gasteiger partial charge in [-0.25, -0.2) is 0 Å². The monoisotopic (exact) mass is 691 g/mol. The first-order valence-corrected chi connectivity index (χ1v) is 15.0. The fraction of sp³-hybridized carbons (Fsp3) is 0.962. The lowest BCUT2D eigenvalue weighted by Gasteiger charge is -2.49. The van der Waals surface area contributed by atoms with Crippen LogP contribution in [0.2, 0.25) is 0 Å². The standard InChI is InChI=1S/C26H45NO20/c1-6-12(32)16(36)17(37)25(41-6)47-22-18(38)23(40)42-10(5-30)20(22)45-26-19(39)21(14(34)9(4-29)44-26)46-24-11(27-7(2)31)15(35)13(33)8(3-28)43-24/h6,8-26,28-30,32-40H,3-5H2,1-2H3,(H,27,31)/t6-,8+,9+,10+,11+,12+,13-,14-,15+,16+,17-,18+,19+,20+,21-,22+,23?,24+,25-,26-/m0/s1. The van der Waals surface area contributed by atoms with Gasteiger partial charge in [0.25, 0.3) is 0 Å². The van der Waals surface area contributed by atoms with Crippen molar-refractivity contribution in [3.05, 3.63) is 0 Å². The van der Waals surface area contributed by atoms with E-state index in [1.165, 1.54) is 6.92 Å². The van der Waals surface area contributed by atoms with Crippen LogP contribution in [0.25, 0.3) is 0 Å². The van der Waals surface area contributed by atoms with Gasteiger partial charge >= 0.3 is 0 Å². The Morgan fingerprint density at radius 1 is 0.553 bits per heavy atom. The number of aliphatic hydroxyl groups is 12. The minimum atomic E-state index is -2.02. The molecule has 0 bridgehead atoms. The number of ether oxygens (including phenoxy) is 7. The normalized spacial score (nSPS) is 51.0. The summed E-state index contributed by atoms with van der Waals surface area (Å²) < 4.78 is 39.0. The summed E-state index contributed by atoms with van der Waals surface area (Å²) in [5.74, 6) is -0.689. The van der Waals surface area contributed by atoms with E-state index in [0.29, 0.717) is 0 Å². The summed E-state index contributed by atoms with van der Waals surface area (Å²) in [5.41, 5.74) is 0. The number of aliphatic hydroxyl groups excluding tert-OH is 12. The Morgan fingerprint density at radius 2 is 1.09 bits per heavy atom. The third kappa shape index (κ3) is 8.04. The number of carbonyl (C=O) groups is 1. The molecule has 20 atom stereocenters. The van der Waals surface area contributed by atoms with Crippen molar-refractivity contribution in [3.8, 4) is 0 Å². The summed E-state index contributed by atoms with van der Waals surface area (Å²) in [5, 5.41) is 127. The average Bonchev–Trinajstić information content (AvgIpc) is 3.04. The van der Waals surface area contributed by atoms with Gasteiger partial charge in [0, 0.05) is 6.92 Å². The second kappa shape index (κ2) is 16.2. The Labute approximate surface area is 267 Å². The van der Waals surface area contributed by atoms with Gasteiger partial charge in [0.15, 0.2) is 25.2 Å². The van der Waals surface area contributed by atoms with Crippen LogP contribution in [0.4, 0.5) is 0 Å². The first kappa shape index (κ1) is 38.5. The molecular weight excluding hydrogens is 646 g/mol. The van der Waals surface area contributed by atoms with E-state index in [1.54, 1.807) is 0 Å².